The molecule has 0 heterocycles. The van der Waals surface area contributed by atoms with Crippen molar-refractivity contribution in [1.82, 2.24) is 0 Å². The summed E-state index contributed by atoms with van der Waals surface area (Å²) in [5.41, 5.74) is 5.98. The van der Waals surface area contributed by atoms with Gasteiger partial charge in [-0.15, -0.1) is 0 Å². The van der Waals surface area contributed by atoms with Gasteiger partial charge in [0.25, 0.3) is 0 Å². The summed E-state index contributed by atoms with van der Waals surface area (Å²) >= 11 is 0. The van der Waals surface area contributed by atoms with Crippen molar-refractivity contribution in [3.8, 4) is 0 Å². The van der Waals surface area contributed by atoms with Crippen molar-refractivity contribution in [3.63, 3.8) is 0 Å². The number of ketones is 1. The lowest BCUT2D eigenvalue weighted by atomic mass is 9.76. The van der Waals surface area contributed by atoms with Crippen LogP contribution in [0.5, 0.6) is 0 Å². The summed E-state index contributed by atoms with van der Waals surface area (Å²) in [5, 5.41) is 24.5. The number of allylic oxidation sites excluding steroid dienone is 2. The number of hydrogen-bond donors (Lipinski definition) is 2. The zero-order valence-electron chi connectivity index (χ0n) is 17.1. The predicted molar refractivity (Wildman–Crippen MR) is 107 cm³/mol. The molecule has 1 aromatic carbocycles. The van der Waals surface area contributed by atoms with Crippen molar-refractivity contribution >= 4 is 11.5 Å². The number of aliphatic hydroxyl groups is 2. The number of aryl methyl sites for hydroxylation is 2. The Bertz CT molecular complexity index is 777. The van der Waals surface area contributed by atoms with Crippen molar-refractivity contribution in [1.29, 1.82) is 0 Å². The Labute approximate surface area is 161 Å². The largest absolute Gasteiger partial charge is 0.511 e. The minimum atomic E-state index is -0.0967. The number of nitrogens with zero attached hydrogens (tertiary/aromatic N) is 1. The first kappa shape index (κ1) is 21.2. The normalized spacial score (nSPS) is 18.2. The number of benzene rings is 1. The first-order valence-electron chi connectivity index (χ1n) is 9.70. The smallest absolute Gasteiger partial charge is 0.168 e. The fourth-order valence-corrected chi connectivity index (χ4v) is 4.14. The lowest BCUT2D eigenvalue weighted by Gasteiger charge is -2.28. The van der Waals surface area contributed by atoms with Gasteiger partial charge in [0.15, 0.2) is 5.78 Å². The zero-order valence-corrected chi connectivity index (χ0v) is 17.1. The maximum atomic E-state index is 12.9. The Balaban J connectivity index is 2.45. The Morgan fingerprint density at radius 1 is 1.22 bits per heavy atom. The maximum absolute atomic E-state index is 12.9. The van der Waals surface area contributed by atoms with Gasteiger partial charge in [-0.05, 0) is 67.9 Å². The molecular weight excluding hydrogens is 342 g/mol. The molecule has 27 heavy (non-hydrogen) atoms. The lowest BCUT2D eigenvalue weighted by Crippen LogP contribution is -2.25. The van der Waals surface area contributed by atoms with Crippen molar-refractivity contribution in [2.75, 3.05) is 6.61 Å². The molecule has 0 saturated carbocycles. The molecule has 5 nitrogen and oxygen atoms in total. The molecule has 0 bridgehead atoms. The minimum absolute atomic E-state index is 0.0274. The predicted octanol–water partition coefficient (Wildman–Crippen LogP) is 4.56. The molecule has 1 aliphatic carbocycles. The van der Waals surface area contributed by atoms with Gasteiger partial charge in [-0.3, -0.25) is 4.79 Å². The number of aliphatic hydroxyl groups excluding tert-OH is 2. The van der Waals surface area contributed by atoms with E-state index in [0.29, 0.717) is 37.2 Å². The van der Waals surface area contributed by atoms with Gasteiger partial charge in [0.1, 0.15) is 12.4 Å². The number of carbonyl (C=O) groups excluding carboxylic acids is 1. The van der Waals surface area contributed by atoms with E-state index in [2.05, 4.69) is 5.16 Å². The van der Waals surface area contributed by atoms with Crippen LogP contribution in [-0.4, -0.2) is 28.3 Å². The van der Waals surface area contributed by atoms with E-state index in [-0.39, 0.29) is 24.1 Å². The standard InChI is InChI=1S/C22H31NO4/c1-6-8-18(23-27-7-2)22-19(25)10-16(11-20(22)26)21-14(4)9-13(3)17(12-24)15(21)5/h9,16,24-25H,6-8,10-12H2,1-5H3/b23-18+. The van der Waals surface area contributed by atoms with Gasteiger partial charge in [-0.25, -0.2) is 0 Å². The van der Waals surface area contributed by atoms with Crippen LogP contribution < -0.4 is 0 Å². The number of rotatable bonds is 7. The van der Waals surface area contributed by atoms with Crippen molar-refractivity contribution < 1.29 is 19.8 Å². The summed E-state index contributed by atoms with van der Waals surface area (Å²) in [7, 11) is 0. The van der Waals surface area contributed by atoms with Gasteiger partial charge in [0.05, 0.1) is 17.9 Å². The quantitative estimate of drug-likeness (QED) is 0.543. The van der Waals surface area contributed by atoms with Crippen LogP contribution >= 0.6 is 0 Å². The van der Waals surface area contributed by atoms with Crippen LogP contribution in [0.15, 0.2) is 22.6 Å². The highest BCUT2D eigenvalue weighted by molar-refractivity contribution is 6.23. The molecule has 0 fully saturated rings. The van der Waals surface area contributed by atoms with Gasteiger partial charge in [0, 0.05) is 12.8 Å². The topological polar surface area (TPSA) is 79.1 Å². The van der Waals surface area contributed by atoms with Crippen LogP contribution in [0.25, 0.3) is 0 Å². The summed E-state index contributed by atoms with van der Waals surface area (Å²) in [5.74, 6) is -0.101. The number of hydrogen-bond acceptors (Lipinski definition) is 5. The van der Waals surface area contributed by atoms with Crippen molar-refractivity contribution in [2.45, 2.75) is 72.8 Å². The molecule has 1 aliphatic rings. The number of Topliss-reactive ketones (excluding diaryl/α,β-unsaturated/α-hetero) is 1. The Kier molecular flexibility index (Phi) is 7.19. The highest BCUT2D eigenvalue weighted by atomic mass is 16.6. The monoisotopic (exact) mass is 373 g/mol. The van der Waals surface area contributed by atoms with E-state index in [4.69, 9.17) is 4.84 Å². The second-order valence-corrected chi connectivity index (χ2v) is 7.24. The summed E-state index contributed by atoms with van der Waals surface area (Å²) < 4.78 is 0. The second kappa shape index (κ2) is 9.18. The molecular formula is C22H31NO4. The van der Waals surface area contributed by atoms with E-state index in [1.54, 1.807) is 0 Å². The third-order valence-electron chi connectivity index (χ3n) is 5.28. The molecule has 1 unspecified atom stereocenters. The summed E-state index contributed by atoms with van der Waals surface area (Å²) in [6, 6.07) is 2.05. The fourth-order valence-electron chi connectivity index (χ4n) is 4.14. The molecule has 0 amide bonds. The van der Waals surface area contributed by atoms with Gasteiger partial charge in [-0.2, -0.15) is 0 Å². The van der Waals surface area contributed by atoms with Gasteiger partial charge >= 0.3 is 0 Å². The van der Waals surface area contributed by atoms with Crippen LogP contribution in [0.1, 0.15) is 73.3 Å². The Morgan fingerprint density at radius 3 is 2.48 bits per heavy atom. The first-order chi connectivity index (χ1) is 12.8. The molecule has 1 atom stereocenters. The molecule has 2 N–H and O–H groups in total. The molecule has 0 saturated heterocycles. The third-order valence-corrected chi connectivity index (χ3v) is 5.28. The van der Waals surface area contributed by atoms with E-state index >= 15 is 0 Å². The summed E-state index contributed by atoms with van der Waals surface area (Å²) in [6.45, 7) is 10.2. The Hall–Kier alpha value is -2.14. The minimum Gasteiger partial charge on any atom is -0.511 e. The maximum Gasteiger partial charge on any atom is 0.168 e. The zero-order chi connectivity index (χ0) is 20.1. The SMILES string of the molecule is CCC/C(=N\OCC)C1=C(O)CC(c2c(C)cc(C)c(CO)c2C)CC1=O. The highest BCUT2D eigenvalue weighted by Crippen LogP contribution is 2.39. The lowest BCUT2D eigenvalue weighted by molar-refractivity contribution is -0.116. The number of oxime groups is 1. The van der Waals surface area contributed by atoms with Crippen LogP contribution in [0, 0.1) is 20.8 Å². The third kappa shape index (κ3) is 4.41. The van der Waals surface area contributed by atoms with E-state index in [1.807, 2.05) is 40.7 Å². The van der Waals surface area contributed by atoms with Crippen LogP contribution in [0.3, 0.4) is 0 Å². The number of carbonyl (C=O) groups is 1. The van der Waals surface area contributed by atoms with Gasteiger partial charge in [-0.1, -0.05) is 24.6 Å². The van der Waals surface area contributed by atoms with Crippen LogP contribution in [0.4, 0.5) is 0 Å². The molecule has 0 aliphatic heterocycles. The average molecular weight is 373 g/mol. The van der Waals surface area contributed by atoms with E-state index in [9.17, 15) is 15.0 Å². The fraction of sp³-hybridized carbons (Fsp3) is 0.545. The molecule has 148 valence electrons. The molecule has 1 aromatic rings. The first-order valence-corrected chi connectivity index (χ1v) is 9.70. The molecule has 2 rings (SSSR count). The highest BCUT2D eigenvalue weighted by Gasteiger charge is 2.33. The van der Waals surface area contributed by atoms with E-state index < -0.39 is 0 Å². The molecule has 0 radical (unpaired) electrons. The second-order valence-electron chi connectivity index (χ2n) is 7.24. The Morgan fingerprint density at radius 2 is 1.93 bits per heavy atom. The van der Waals surface area contributed by atoms with Gasteiger partial charge < -0.3 is 15.1 Å². The van der Waals surface area contributed by atoms with Gasteiger partial charge in [0.2, 0.25) is 0 Å². The van der Waals surface area contributed by atoms with Crippen LogP contribution in [0.2, 0.25) is 0 Å². The molecule has 5 heteroatoms. The summed E-state index contributed by atoms with van der Waals surface area (Å²) in [6.07, 6.45) is 2.12. The average Bonchev–Trinajstić information content (AvgIpc) is 2.59. The summed E-state index contributed by atoms with van der Waals surface area (Å²) in [4.78, 5) is 18.1. The van der Waals surface area contributed by atoms with Crippen LogP contribution in [-0.2, 0) is 16.2 Å². The molecule has 0 aromatic heterocycles. The molecule has 0 spiro atoms. The van der Waals surface area contributed by atoms with Crippen molar-refractivity contribution in [2.24, 2.45) is 5.16 Å². The van der Waals surface area contributed by atoms with E-state index in [1.165, 1.54) is 0 Å². The van der Waals surface area contributed by atoms with E-state index in [0.717, 1.165) is 34.2 Å². The van der Waals surface area contributed by atoms with Crippen molar-refractivity contribution in [3.05, 3.63) is 45.2 Å².